The summed E-state index contributed by atoms with van der Waals surface area (Å²) >= 11 is 0. The molecule has 3 N–H and O–H groups in total. The van der Waals surface area contributed by atoms with Crippen molar-refractivity contribution in [1.29, 1.82) is 0 Å². The number of amides is 1. The predicted molar refractivity (Wildman–Crippen MR) is 68.8 cm³/mol. The number of rotatable bonds is 4. The average Bonchev–Trinajstić information content (AvgIpc) is 2.41. The average molecular weight is 242 g/mol. The van der Waals surface area contributed by atoms with E-state index in [1.165, 1.54) is 0 Å². The Kier molecular flexibility index (Phi) is 3.98. The van der Waals surface area contributed by atoms with Gasteiger partial charge >= 0.3 is 0 Å². The van der Waals surface area contributed by atoms with Crippen LogP contribution in [-0.2, 0) is 11.2 Å². The molecule has 0 spiro atoms. The van der Waals surface area contributed by atoms with Crippen molar-refractivity contribution in [2.24, 2.45) is 5.73 Å². The number of anilines is 1. The molecule has 0 unspecified atom stereocenters. The van der Waals surface area contributed by atoms with Gasteiger partial charge in [-0.1, -0.05) is 30.3 Å². The number of carbonyl (C=O) groups excluding carboxylic acids is 1. The van der Waals surface area contributed by atoms with Gasteiger partial charge in [-0.25, -0.2) is 0 Å². The van der Waals surface area contributed by atoms with Crippen LogP contribution in [0.3, 0.4) is 0 Å². The van der Waals surface area contributed by atoms with Crippen molar-refractivity contribution in [2.45, 2.75) is 12.5 Å². The van der Waals surface area contributed by atoms with Crippen molar-refractivity contribution >= 4 is 11.7 Å². The Balaban J connectivity index is 1.93. The van der Waals surface area contributed by atoms with E-state index < -0.39 is 6.04 Å². The Morgan fingerprint density at radius 1 is 1.22 bits per heavy atom. The molecule has 0 fully saturated rings. The highest BCUT2D eigenvalue weighted by molar-refractivity contribution is 5.93. The lowest BCUT2D eigenvalue weighted by atomic mass is 10.1. The molecule has 5 nitrogen and oxygen atoms in total. The number of hydrogen-bond acceptors (Lipinski definition) is 4. The van der Waals surface area contributed by atoms with Gasteiger partial charge in [0.15, 0.2) is 5.82 Å². The highest BCUT2D eigenvalue weighted by Gasteiger charge is 2.14. The maximum Gasteiger partial charge on any atom is 0.242 e. The third kappa shape index (κ3) is 3.36. The monoisotopic (exact) mass is 242 g/mol. The Bertz CT molecular complexity index is 501. The summed E-state index contributed by atoms with van der Waals surface area (Å²) in [5.41, 5.74) is 6.86. The standard InChI is InChI=1S/C13H14N4O/c14-11(9-10-5-2-1-3-6-10)13(18)16-12-7-4-8-15-17-12/h1-8,11H,9,14H2,(H,16,17,18)/t11-/m0/s1. The molecule has 0 aliphatic heterocycles. The van der Waals surface area contributed by atoms with E-state index in [0.717, 1.165) is 5.56 Å². The van der Waals surface area contributed by atoms with Crippen molar-refractivity contribution in [3.05, 3.63) is 54.2 Å². The van der Waals surface area contributed by atoms with Gasteiger partial charge in [-0.3, -0.25) is 4.79 Å². The van der Waals surface area contributed by atoms with Crippen LogP contribution in [0.2, 0.25) is 0 Å². The summed E-state index contributed by atoms with van der Waals surface area (Å²) in [6.45, 7) is 0. The zero-order valence-electron chi connectivity index (χ0n) is 9.78. The maximum atomic E-state index is 11.8. The molecule has 0 saturated heterocycles. The van der Waals surface area contributed by atoms with Gasteiger partial charge in [0, 0.05) is 6.20 Å². The highest BCUT2D eigenvalue weighted by atomic mass is 16.2. The van der Waals surface area contributed by atoms with Crippen LogP contribution in [0, 0.1) is 0 Å². The SMILES string of the molecule is N[C@@H](Cc1ccccc1)C(=O)Nc1cccnn1. The van der Waals surface area contributed by atoms with Crippen LogP contribution in [0.15, 0.2) is 48.7 Å². The van der Waals surface area contributed by atoms with Gasteiger partial charge in [-0.15, -0.1) is 5.10 Å². The van der Waals surface area contributed by atoms with Gasteiger partial charge in [-0.2, -0.15) is 5.10 Å². The number of hydrogen-bond donors (Lipinski definition) is 2. The van der Waals surface area contributed by atoms with E-state index in [0.29, 0.717) is 12.2 Å². The minimum absolute atomic E-state index is 0.264. The van der Waals surface area contributed by atoms with Gasteiger partial charge < -0.3 is 11.1 Å². The van der Waals surface area contributed by atoms with E-state index in [2.05, 4.69) is 15.5 Å². The lowest BCUT2D eigenvalue weighted by molar-refractivity contribution is -0.117. The number of nitrogens with zero attached hydrogens (tertiary/aromatic N) is 2. The molecule has 0 aliphatic carbocycles. The van der Waals surface area contributed by atoms with E-state index in [9.17, 15) is 4.79 Å². The first-order chi connectivity index (χ1) is 8.75. The Labute approximate surface area is 105 Å². The molecule has 1 aromatic heterocycles. The molecule has 1 atom stereocenters. The van der Waals surface area contributed by atoms with Crippen LogP contribution in [0.4, 0.5) is 5.82 Å². The van der Waals surface area contributed by atoms with Crippen LogP contribution in [0.25, 0.3) is 0 Å². The zero-order chi connectivity index (χ0) is 12.8. The summed E-state index contributed by atoms with van der Waals surface area (Å²) < 4.78 is 0. The predicted octanol–water partition coefficient (Wildman–Crippen LogP) is 0.985. The molecule has 0 aliphatic rings. The van der Waals surface area contributed by atoms with Crippen LogP contribution in [-0.4, -0.2) is 22.1 Å². The van der Waals surface area contributed by atoms with E-state index in [4.69, 9.17) is 5.73 Å². The summed E-state index contributed by atoms with van der Waals surface area (Å²) in [5.74, 6) is 0.144. The van der Waals surface area contributed by atoms with Crippen LogP contribution >= 0.6 is 0 Å². The van der Waals surface area contributed by atoms with Gasteiger partial charge in [0.1, 0.15) is 0 Å². The largest absolute Gasteiger partial charge is 0.320 e. The van der Waals surface area contributed by atoms with Gasteiger partial charge in [0.05, 0.1) is 6.04 Å². The van der Waals surface area contributed by atoms with Gasteiger partial charge in [0.2, 0.25) is 5.91 Å². The molecule has 2 rings (SSSR count). The minimum Gasteiger partial charge on any atom is -0.320 e. The minimum atomic E-state index is -0.602. The second-order valence-electron chi connectivity index (χ2n) is 3.89. The topological polar surface area (TPSA) is 80.9 Å². The van der Waals surface area contributed by atoms with Gasteiger partial charge in [0.25, 0.3) is 0 Å². The molecule has 2 aromatic rings. The summed E-state index contributed by atoms with van der Waals surface area (Å²) in [7, 11) is 0. The molecule has 1 heterocycles. The quantitative estimate of drug-likeness (QED) is 0.837. The van der Waals surface area contributed by atoms with Crippen molar-refractivity contribution in [3.8, 4) is 0 Å². The zero-order valence-corrected chi connectivity index (χ0v) is 9.78. The van der Waals surface area contributed by atoms with Crippen molar-refractivity contribution in [3.63, 3.8) is 0 Å². The summed E-state index contributed by atoms with van der Waals surface area (Å²) in [6, 6.07) is 12.4. The highest BCUT2D eigenvalue weighted by Crippen LogP contribution is 2.04. The van der Waals surface area contributed by atoms with Crippen LogP contribution in [0.5, 0.6) is 0 Å². The Hall–Kier alpha value is -2.27. The molecule has 0 radical (unpaired) electrons. The van der Waals surface area contributed by atoms with Crippen molar-refractivity contribution in [2.75, 3.05) is 5.32 Å². The molecule has 5 heteroatoms. The van der Waals surface area contributed by atoms with Crippen molar-refractivity contribution in [1.82, 2.24) is 10.2 Å². The number of aromatic nitrogens is 2. The van der Waals surface area contributed by atoms with E-state index in [1.807, 2.05) is 30.3 Å². The lowest BCUT2D eigenvalue weighted by Crippen LogP contribution is -2.37. The number of carbonyl (C=O) groups is 1. The van der Waals surface area contributed by atoms with Gasteiger partial charge in [-0.05, 0) is 24.1 Å². The Morgan fingerprint density at radius 3 is 2.67 bits per heavy atom. The molecule has 0 bridgehead atoms. The molecule has 1 aromatic carbocycles. The fraction of sp³-hybridized carbons (Fsp3) is 0.154. The molecule has 18 heavy (non-hydrogen) atoms. The third-order valence-corrected chi connectivity index (χ3v) is 2.46. The van der Waals surface area contributed by atoms with E-state index >= 15 is 0 Å². The summed E-state index contributed by atoms with van der Waals surface area (Å²) in [4.78, 5) is 11.8. The molecular weight excluding hydrogens is 228 g/mol. The summed E-state index contributed by atoms with van der Waals surface area (Å²) in [5, 5.41) is 10.1. The smallest absolute Gasteiger partial charge is 0.242 e. The first kappa shape index (κ1) is 12.2. The molecule has 1 amide bonds. The van der Waals surface area contributed by atoms with Crippen LogP contribution in [0.1, 0.15) is 5.56 Å². The fourth-order valence-electron chi connectivity index (χ4n) is 1.55. The summed E-state index contributed by atoms with van der Waals surface area (Å²) in [6.07, 6.45) is 2.03. The first-order valence-corrected chi connectivity index (χ1v) is 5.64. The lowest BCUT2D eigenvalue weighted by Gasteiger charge is -2.11. The van der Waals surface area contributed by atoms with Crippen LogP contribution < -0.4 is 11.1 Å². The van der Waals surface area contributed by atoms with E-state index in [1.54, 1.807) is 18.3 Å². The van der Waals surface area contributed by atoms with E-state index in [-0.39, 0.29) is 5.91 Å². The fourth-order valence-corrected chi connectivity index (χ4v) is 1.55. The molecule has 92 valence electrons. The van der Waals surface area contributed by atoms with Crippen molar-refractivity contribution < 1.29 is 4.79 Å². The molecular formula is C13H14N4O. The number of benzene rings is 1. The second-order valence-corrected chi connectivity index (χ2v) is 3.89. The second kappa shape index (κ2) is 5.88. The maximum absolute atomic E-state index is 11.8. The Morgan fingerprint density at radius 2 is 2.00 bits per heavy atom. The normalized spacial score (nSPS) is 11.8. The number of nitrogens with one attached hydrogen (secondary N) is 1. The number of nitrogens with two attached hydrogens (primary N) is 1. The first-order valence-electron chi connectivity index (χ1n) is 5.64. The third-order valence-electron chi connectivity index (χ3n) is 2.46. The molecule has 0 saturated carbocycles.